The number of carbonyl (C=O) groups is 3. The summed E-state index contributed by atoms with van der Waals surface area (Å²) in [6, 6.07) is 24.3. The van der Waals surface area contributed by atoms with Gasteiger partial charge in [-0.3, -0.25) is 14.4 Å². The zero-order valence-electron chi connectivity index (χ0n) is 25.7. The Morgan fingerprint density at radius 2 is 1.84 bits per heavy atom. The number of fused-ring (bicyclic) bond motifs is 1. The third kappa shape index (κ3) is 7.33. The summed E-state index contributed by atoms with van der Waals surface area (Å²) in [7, 11) is 0. The van der Waals surface area contributed by atoms with E-state index < -0.39 is 17.4 Å². The molecule has 0 aliphatic carbocycles. The van der Waals surface area contributed by atoms with Crippen molar-refractivity contribution in [1.29, 1.82) is 0 Å². The van der Waals surface area contributed by atoms with E-state index >= 15 is 0 Å². The van der Waals surface area contributed by atoms with Gasteiger partial charge in [-0.05, 0) is 48.7 Å². The third-order valence-electron chi connectivity index (χ3n) is 8.69. The van der Waals surface area contributed by atoms with Crippen LogP contribution in [0.2, 0.25) is 0 Å². The van der Waals surface area contributed by atoms with Crippen LogP contribution < -0.4 is 15.5 Å². The van der Waals surface area contributed by atoms with E-state index in [2.05, 4.69) is 10.6 Å². The van der Waals surface area contributed by atoms with Crippen molar-refractivity contribution in [3.05, 3.63) is 108 Å². The Bertz CT molecular complexity index is 1520. The molecule has 1 saturated heterocycles. The number of aliphatic hydroxyl groups excluding tert-OH is 1. The molecule has 0 aromatic heterocycles. The van der Waals surface area contributed by atoms with Crippen LogP contribution in [-0.2, 0) is 33.1 Å². The van der Waals surface area contributed by atoms with Crippen LogP contribution in [0.15, 0.2) is 91.0 Å². The first-order chi connectivity index (χ1) is 21.8. The van der Waals surface area contributed by atoms with E-state index in [-0.39, 0.29) is 43.8 Å². The lowest BCUT2D eigenvalue weighted by molar-refractivity contribution is -0.139. The van der Waals surface area contributed by atoms with E-state index in [0.29, 0.717) is 30.0 Å². The topological polar surface area (TPSA) is 122 Å². The van der Waals surface area contributed by atoms with Crippen LogP contribution in [0.25, 0.3) is 0 Å². The van der Waals surface area contributed by atoms with Gasteiger partial charge in [0.25, 0.3) is 5.91 Å². The van der Waals surface area contributed by atoms with Crippen molar-refractivity contribution in [1.82, 2.24) is 10.2 Å². The van der Waals surface area contributed by atoms with Crippen molar-refractivity contribution >= 4 is 29.1 Å². The molecule has 1 fully saturated rings. The fourth-order valence-corrected chi connectivity index (χ4v) is 6.17. The van der Waals surface area contributed by atoms with Crippen LogP contribution >= 0.6 is 0 Å². The third-order valence-corrected chi connectivity index (χ3v) is 8.69. The lowest BCUT2D eigenvalue weighted by atomic mass is 9.83. The molecule has 3 amide bonds. The smallest absolute Gasteiger partial charge is 0.264 e. The van der Waals surface area contributed by atoms with Gasteiger partial charge in [0.15, 0.2) is 5.60 Å². The summed E-state index contributed by atoms with van der Waals surface area (Å²) in [5, 5.41) is 27.8. The van der Waals surface area contributed by atoms with Crippen molar-refractivity contribution in [2.24, 2.45) is 11.8 Å². The number of benzene rings is 3. The number of rotatable bonds is 12. The van der Waals surface area contributed by atoms with Gasteiger partial charge in [0.1, 0.15) is 0 Å². The second kappa shape index (κ2) is 14.6. The molecule has 5 rings (SSSR count). The molecular formula is C36H42N4O5. The number of hydrogen-bond donors (Lipinski definition) is 4. The Labute approximate surface area is 264 Å². The molecule has 236 valence electrons. The lowest BCUT2D eigenvalue weighted by Crippen LogP contribution is -2.44. The summed E-state index contributed by atoms with van der Waals surface area (Å²) >= 11 is 0. The van der Waals surface area contributed by atoms with Crippen molar-refractivity contribution < 1.29 is 24.6 Å². The Kier molecular flexibility index (Phi) is 10.4. The van der Waals surface area contributed by atoms with Gasteiger partial charge in [0.05, 0.1) is 24.8 Å². The van der Waals surface area contributed by atoms with Gasteiger partial charge in [0.2, 0.25) is 11.8 Å². The van der Waals surface area contributed by atoms with Gasteiger partial charge in [0, 0.05) is 43.2 Å². The average Bonchev–Trinajstić information content (AvgIpc) is 3.28. The number of para-hydroxylation sites is 1. The van der Waals surface area contributed by atoms with Crippen molar-refractivity contribution in [3.63, 3.8) is 0 Å². The first-order valence-corrected chi connectivity index (χ1v) is 15.6. The highest BCUT2D eigenvalue weighted by molar-refractivity contribution is 6.07. The summed E-state index contributed by atoms with van der Waals surface area (Å²) in [6.45, 7) is 4.04. The van der Waals surface area contributed by atoms with E-state index in [1.54, 1.807) is 41.0 Å². The van der Waals surface area contributed by atoms with Crippen molar-refractivity contribution in [2.75, 3.05) is 36.5 Å². The monoisotopic (exact) mass is 610 g/mol. The Hall–Kier alpha value is -4.31. The minimum absolute atomic E-state index is 0.0186. The Morgan fingerprint density at radius 3 is 2.60 bits per heavy atom. The standard InChI is InChI=1S/C36H42N4O5/c1-26(10-7-18-33(42)39(20-21-41)24-27-11-3-2-4-12-27)36(45)31-16-5-6-17-32(31)40(35(36)44)25-28-13-8-15-30(22-28)38-34(43)29-14-9-19-37-23-29/h2-8,10-13,15-17,22,26,29,37,41,45H,9,14,18-21,23-25H2,1H3,(H,38,43)/b10-7+/t26-,29?,36+/m0/s1. The van der Waals surface area contributed by atoms with Crippen molar-refractivity contribution in [3.8, 4) is 0 Å². The van der Waals surface area contributed by atoms with Crippen molar-refractivity contribution in [2.45, 2.75) is 44.9 Å². The van der Waals surface area contributed by atoms with Gasteiger partial charge in [-0.15, -0.1) is 0 Å². The van der Waals surface area contributed by atoms with Crippen LogP contribution in [0.3, 0.4) is 0 Å². The van der Waals surface area contributed by atoms with Gasteiger partial charge < -0.3 is 30.6 Å². The summed E-state index contributed by atoms with van der Waals surface area (Å²) in [5.74, 6) is -1.32. The molecule has 3 aromatic carbocycles. The largest absolute Gasteiger partial charge is 0.395 e. The minimum Gasteiger partial charge on any atom is -0.395 e. The highest BCUT2D eigenvalue weighted by Gasteiger charge is 2.52. The molecule has 0 bridgehead atoms. The fourth-order valence-electron chi connectivity index (χ4n) is 6.17. The summed E-state index contributed by atoms with van der Waals surface area (Å²) in [4.78, 5) is 42.9. The molecule has 4 N–H and O–H groups in total. The molecule has 0 spiro atoms. The van der Waals surface area contributed by atoms with Crippen LogP contribution in [0.4, 0.5) is 11.4 Å². The number of amides is 3. The van der Waals surface area contributed by atoms with E-state index in [0.717, 1.165) is 30.5 Å². The molecule has 1 unspecified atom stereocenters. The second-order valence-corrected chi connectivity index (χ2v) is 11.9. The molecule has 3 atom stereocenters. The molecule has 2 heterocycles. The summed E-state index contributed by atoms with van der Waals surface area (Å²) in [5.41, 5.74) is 1.78. The number of anilines is 2. The molecule has 2 aliphatic rings. The molecule has 0 saturated carbocycles. The fraction of sp³-hybridized carbons (Fsp3) is 0.361. The molecule has 2 aliphatic heterocycles. The summed E-state index contributed by atoms with van der Waals surface area (Å²) < 4.78 is 0. The van der Waals surface area contributed by atoms with Crippen LogP contribution in [0, 0.1) is 11.8 Å². The van der Waals surface area contributed by atoms with Gasteiger partial charge in [-0.1, -0.05) is 79.7 Å². The summed E-state index contributed by atoms with van der Waals surface area (Å²) in [6.07, 6.45) is 5.30. The van der Waals surface area contributed by atoms with Crippen LogP contribution in [0.1, 0.15) is 42.9 Å². The van der Waals surface area contributed by atoms with Crippen LogP contribution in [0.5, 0.6) is 0 Å². The average molecular weight is 611 g/mol. The lowest BCUT2D eigenvalue weighted by Gasteiger charge is -2.28. The first-order valence-electron chi connectivity index (χ1n) is 15.6. The Morgan fingerprint density at radius 1 is 1.09 bits per heavy atom. The zero-order chi connectivity index (χ0) is 31.8. The predicted octanol–water partition coefficient (Wildman–Crippen LogP) is 3.96. The predicted molar refractivity (Wildman–Crippen MR) is 174 cm³/mol. The SMILES string of the molecule is C[C@@H](/C=C/CC(=O)N(CCO)Cc1ccccc1)[C@]1(O)C(=O)N(Cc2cccc(NC(=O)C3CCCNC3)c2)c2ccccc21. The minimum atomic E-state index is -1.81. The number of aliphatic hydroxyl groups is 2. The number of carbonyl (C=O) groups excluding carboxylic acids is 3. The van der Waals surface area contributed by atoms with Gasteiger partial charge in [-0.25, -0.2) is 0 Å². The van der Waals surface area contributed by atoms with Gasteiger partial charge >= 0.3 is 0 Å². The van der Waals surface area contributed by atoms with Crippen LogP contribution in [-0.4, -0.2) is 59.1 Å². The van der Waals surface area contributed by atoms with E-state index in [1.165, 1.54) is 0 Å². The van der Waals surface area contributed by atoms with Gasteiger partial charge in [-0.2, -0.15) is 0 Å². The highest BCUT2D eigenvalue weighted by Crippen LogP contribution is 2.45. The van der Waals surface area contributed by atoms with E-state index in [1.807, 2.05) is 66.7 Å². The zero-order valence-corrected chi connectivity index (χ0v) is 25.7. The molecule has 0 radical (unpaired) electrons. The Balaban J connectivity index is 1.27. The van der Waals surface area contributed by atoms with E-state index in [4.69, 9.17) is 0 Å². The number of hydrogen-bond acceptors (Lipinski definition) is 6. The maximum Gasteiger partial charge on any atom is 0.264 e. The number of piperidine rings is 1. The first kappa shape index (κ1) is 32.1. The number of nitrogens with zero attached hydrogens (tertiary/aromatic N) is 2. The molecule has 9 nitrogen and oxygen atoms in total. The molecule has 45 heavy (non-hydrogen) atoms. The molecular weight excluding hydrogens is 568 g/mol. The maximum absolute atomic E-state index is 14.0. The van der Waals surface area contributed by atoms with E-state index in [9.17, 15) is 24.6 Å². The molecule has 9 heteroatoms. The number of nitrogens with one attached hydrogen (secondary N) is 2. The second-order valence-electron chi connectivity index (χ2n) is 11.9. The maximum atomic E-state index is 14.0. The normalized spacial score (nSPS) is 20.2. The quantitative estimate of drug-likeness (QED) is 0.230. The molecule has 3 aromatic rings. The highest BCUT2D eigenvalue weighted by atomic mass is 16.3.